The summed E-state index contributed by atoms with van der Waals surface area (Å²) in [7, 11) is 0. The van der Waals surface area contributed by atoms with Crippen LogP contribution in [0.4, 0.5) is 0 Å². The van der Waals surface area contributed by atoms with E-state index in [1.54, 1.807) is 6.08 Å². The zero-order chi connectivity index (χ0) is 8.91. The lowest BCUT2D eigenvalue weighted by atomic mass is 10.1. The lowest BCUT2D eigenvalue weighted by Crippen LogP contribution is -2.48. The molecule has 0 saturated heterocycles. The Hall–Kier alpha value is -0.910. The van der Waals surface area contributed by atoms with Gasteiger partial charge in [0.1, 0.15) is 5.97 Å². The largest absolute Gasteiger partial charge is 0.544 e. The standard InChI is InChI=1S/C7H12O4.H3N/c1-2-3-4-5-7(10,11)6(8)9;/h2,10-11H,1,3-5H2,(H,8,9);1H3. The molecule has 6 N–H and O–H groups in total. The van der Waals surface area contributed by atoms with Crippen LogP contribution in [0.2, 0.25) is 0 Å². The van der Waals surface area contributed by atoms with Crippen molar-refractivity contribution in [2.24, 2.45) is 0 Å². The van der Waals surface area contributed by atoms with E-state index >= 15 is 0 Å². The molecule has 0 aromatic rings. The van der Waals surface area contributed by atoms with E-state index in [2.05, 4.69) is 6.58 Å². The van der Waals surface area contributed by atoms with Crippen LogP contribution in [0.3, 0.4) is 0 Å². The topological polar surface area (TPSA) is 117 Å². The second-order valence-corrected chi connectivity index (χ2v) is 2.28. The Bertz CT molecular complexity index is 155. The first kappa shape index (κ1) is 13.7. The predicted octanol–water partition coefficient (Wildman–Crippen LogP) is -0.850. The van der Waals surface area contributed by atoms with Crippen molar-refractivity contribution in [2.75, 3.05) is 0 Å². The van der Waals surface area contributed by atoms with Gasteiger partial charge in [0.05, 0.1) is 0 Å². The first-order chi connectivity index (χ1) is 5.00. The lowest BCUT2D eigenvalue weighted by molar-refractivity contribution is -0.347. The highest BCUT2D eigenvalue weighted by atomic mass is 16.5. The van der Waals surface area contributed by atoms with Crippen molar-refractivity contribution in [2.45, 2.75) is 25.0 Å². The number of carboxylic acids is 1. The average Bonchev–Trinajstić information content (AvgIpc) is 1.88. The van der Waals surface area contributed by atoms with Gasteiger partial charge in [0.15, 0.2) is 0 Å². The molecule has 0 radical (unpaired) electrons. The van der Waals surface area contributed by atoms with Crippen LogP contribution in [0.15, 0.2) is 12.7 Å². The Morgan fingerprint density at radius 3 is 2.42 bits per heavy atom. The minimum atomic E-state index is -2.69. The summed E-state index contributed by atoms with van der Waals surface area (Å²) in [6.45, 7) is 3.40. The number of hydrogen-bond acceptors (Lipinski definition) is 4. The number of hydrogen-bond donors (Lipinski definition) is 3. The molecule has 5 heteroatoms. The summed E-state index contributed by atoms with van der Waals surface area (Å²) in [5, 5.41) is 27.3. The van der Waals surface area contributed by atoms with Crippen LogP contribution >= 0.6 is 0 Å². The van der Waals surface area contributed by atoms with Gasteiger partial charge in [-0.05, 0) is 12.8 Å². The van der Waals surface area contributed by atoms with Crippen molar-refractivity contribution < 1.29 is 20.1 Å². The molecule has 0 fully saturated rings. The minimum Gasteiger partial charge on any atom is -0.544 e. The summed E-state index contributed by atoms with van der Waals surface area (Å²) >= 11 is 0. The van der Waals surface area contributed by atoms with Gasteiger partial charge in [-0.1, -0.05) is 6.08 Å². The zero-order valence-corrected chi connectivity index (χ0v) is 7.12. The first-order valence-corrected chi connectivity index (χ1v) is 3.28. The summed E-state index contributed by atoms with van der Waals surface area (Å²) in [6.07, 6.45) is 2.26. The fourth-order valence-electron chi connectivity index (χ4n) is 0.595. The molecule has 0 aromatic carbocycles. The molecule has 5 nitrogen and oxygen atoms in total. The van der Waals surface area contributed by atoms with E-state index in [1.165, 1.54) is 0 Å². The van der Waals surface area contributed by atoms with Crippen LogP contribution in [0.25, 0.3) is 0 Å². The van der Waals surface area contributed by atoms with Crippen LogP contribution < -0.4 is 11.3 Å². The quantitative estimate of drug-likeness (QED) is 0.288. The Morgan fingerprint density at radius 1 is 1.58 bits per heavy atom. The first-order valence-electron chi connectivity index (χ1n) is 3.28. The fraction of sp³-hybridized carbons (Fsp3) is 0.571. The number of carboxylic acid groups (broad SMARTS) is 1. The highest BCUT2D eigenvalue weighted by Crippen LogP contribution is 2.09. The molecule has 0 amide bonds. The van der Waals surface area contributed by atoms with E-state index in [1.807, 2.05) is 0 Å². The molecule has 12 heavy (non-hydrogen) atoms. The number of carbonyl (C=O) groups is 1. The summed E-state index contributed by atoms with van der Waals surface area (Å²) in [5.74, 6) is -4.55. The molecule has 0 bridgehead atoms. The molecule has 0 atom stereocenters. The maximum absolute atomic E-state index is 9.98. The van der Waals surface area contributed by atoms with Crippen molar-refractivity contribution in [1.29, 1.82) is 0 Å². The molecule has 0 saturated carbocycles. The molecule has 72 valence electrons. The van der Waals surface area contributed by atoms with Crippen LogP contribution in [0, 0.1) is 0 Å². The normalized spacial score (nSPS) is 10.2. The third kappa shape index (κ3) is 4.84. The van der Waals surface area contributed by atoms with E-state index in [4.69, 9.17) is 10.2 Å². The van der Waals surface area contributed by atoms with E-state index in [-0.39, 0.29) is 12.6 Å². The molecule has 0 aromatic heterocycles. The molecule has 0 aliphatic rings. The molecule has 0 spiro atoms. The average molecular weight is 177 g/mol. The fourth-order valence-corrected chi connectivity index (χ4v) is 0.595. The smallest absolute Gasteiger partial charge is 0.204 e. The Labute approximate surface area is 70.9 Å². The van der Waals surface area contributed by atoms with E-state index < -0.39 is 11.8 Å². The van der Waals surface area contributed by atoms with Crippen molar-refractivity contribution >= 4 is 5.97 Å². The third-order valence-corrected chi connectivity index (χ3v) is 1.26. The summed E-state index contributed by atoms with van der Waals surface area (Å²) in [6, 6.07) is 0. The van der Waals surface area contributed by atoms with E-state index in [9.17, 15) is 9.90 Å². The summed E-state index contributed by atoms with van der Waals surface area (Å²) < 4.78 is 0. The summed E-state index contributed by atoms with van der Waals surface area (Å²) in [5.41, 5.74) is 0. The second kappa shape index (κ2) is 5.70. The highest BCUT2D eigenvalue weighted by molar-refractivity contribution is 5.72. The number of aliphatic carboxylic acids is 1. The van der Waals surface area contributed by atoms with Gasteiger partial charge in [-0.3, -0.25) is 0 Å². The minimum absolute atomic E-state index is 0. The molecular formula is C7H15NO4. The van der Waals surface area contributed by atoms with Crippen molar-refractivity contribution in [1.82, 2.24) is 6.15 Å². The van der Waals surface area contributed by atoms with Crippen molar-refractivity contribution in [3.63, 3.8) is 0 Å². The molecule has 0 unspecified atom stereocenters. The number of rotatable bonds is 5. The van der Waals surface area contributed by atoms with Crippen molar-refractivity contribution in [3.8, 4) is 0 Å². The molecule has 0 aliphatic heterocycles. The Balaban J connectivity index is 0. The van der Waals surface area contributed by atoms with E-state index in [0.29, 0.717) is 12.8 Å². The van der Waals surface area contributed by atoms with Gasteiger partial charge in [0.2, 0.25) is 5.79 Å². The molecule has 0 heterocycles. The van der Waals surface area contributed by atoms with Crippen LogP contribution in [0.5, 0.6) is 0 Å². The molecule has 0 aliphatic carbocycles. The van der Waals surface area contributed by atoms with Crippen molar-refractivity contribution in [3.05, 3.63) is 12.7 Å². The van der Waals surface area contributed by atoms with Crippen LogP contribution in [-0.2, 0) is 4.79 Å². The number of quaternary nitrogens is 1. The van der Waals surface area contributed by atoms with Gasteiger partial charge >= 0.3 is 0 Å². The Morgan fingerprint density at radius 2 is 2.08 bits per heavy atom. The van der Waals surface area contributed by atoms with Gasteiger partial charge < -0.3 is 26.3 Å². The monoisotopic (exact) mass is 177 g/mol. The maximum Gasteiger partial charge on any atom is 0.204 e. The number of carbonyl (C=O) groups excluding carboxylic acids is 1. The Kier molecular flexibility index (Phi) is 6.49. The zero-order valence-electron chi connectivity index (χ0n) is 7.12. The third-order valence-electron chi connectivity index (χ3n) is 1.26. The summed E-state index contributed by atoms with van der Waals surface area (Å²) in [4.78, 5) is 9.98. The number of allylic oxidation sites excluding steroid dienone is 1. The lowest BCUT2D eigenvalue weighted by Gasteiger charge is -2.21. The van der Waals surface area contributed by atoms with Gasteiger partial charge in [-0.25, -0.2) is 0 Å². The molecule has 0 rings (SSSR count). The predicted molar refractivity (Wildman–Crippen MR) is 42.2 cm³/mol. The maximum atomic E-state index is 9.98. The van der Waals surface area contributed by atoms with Gasteiger partial charge in [0.25, 0.3) is 0 Å². The molecular weight excluding hydrogens is 162 g/mol. The van der Waals surface area contributed by atoms with E-state index in [0.717, 1.165) is 0 Å². The number of aliphatic hydroxyl groups is 2. The van der Waals surface area contributed by atoms with Gasteiger partial charge in [-0.2, -0.15) is 0 Å². The number of unbranched alkanes of at least 4 members (excludes halogenated alkanes) is 1. The van der Waals surface area contributed by atoms with Crippen LogP contribution in [-0.4, -0.2) is 22.0 Å². The highest BCUT2D eigenvalue weighted by Gasteiger charge is 2.23. The van der Waals surface area contributed by atoms with Gasteiger partial charge in [0, 0.05) is 6.42 Å². The van der Waals surface area contributed by atoms with Crippen LogP contribution in [0.1, 0.15) is 19.3 Å². The SMILES string of the molecule is C=CCCCC(O)(O)C(=O)[O-].[NH4+]. The van der Waals surface area contributed by atoms with Gasteiger partial charge in [-0.15, -0.1) is 6.58 Å². The second-order valence-electron chi connectivity index (χ2n) is 2.28.